The molecule has 1 N–H and O–H groups in total. The van der Waals surface area contributed by atoms with Crippen molar-refractivity contribution in [1.82, 2.24) is 0 Å². The van der Waals surface area contributed by atoms with Crippen molar-refractivity contribution in [1.29, 1.82) is 0 Å². The zero-order chi connectivity index (χ0) is 14.7. The highest BCUT2D eigenvalue weighted by molar-refractivity contribution is 9.10. The number of hydrogen-bond acceptors (Lipinski definition) is 2. The lowest BCUT2D eigenvalue weighted by Crippen LogP contribution is -2.05. The van der Waals surface area contributed by atoms with Gasteiger partial charge in [0.15, 0.2) is 0 Å². The third-order valence-corrected chi connectivity index (χ3v) is 3.52. The highest BCUT2D eigenvalue weighted by Crippen LogP contribution is 2.30. The molecule has 0 saturated carbocycles. The summed E-state index contributed by atoms with van der Waals surface area (Å²) in [5.41, 5.74) is 0.256. The topological polar surface area (TPSA) is 46.5 Å². The van der Waals surface area contributed by atoms with Crippen molar-refractivity contribution >= 4 is 33.5 Å². The van der Waals surface area contributed by atoms with Crippen LogP contribution in [0.15, 0.2) is 40.9 Å². The predicted octanol–water partition coefficient (Wildman–Crippen LogP) is 4.52. The van der Waals surface area contributed by atoms with E-state index in [9.17, 15) is 9.18 Å². The number of rotatable bonds is 4. The Kier molecular flexibility index (Phi) is 4.62. The van der Waals surface area contributed by atoms with Gasteiger partial charge in [-0.2, -0.15) is 0 Å². The van der Waals surface area contributed by atoms with Gasteiger partial charge in [0.1, 0.15) is 23.7 Å². The van der Waals surface area contributed by atoms with Crippen LogP contribution in [-0.2, 0) is 6.61 Å². The second kappa shape index (κ2) is 6.24. The number of halogens is 3. The Morgan fingerprint density at radius 2 is 2.00 bits per heavy atom. The van der Waals surface area contributed by atoms with Crippen molar-refractivity contribution in [3.05, 3.63) is 62.8 Å². The van der Waals surface area contributed by atoms with Gasteiger partial charge < -0.3 is 9.84 Å². The van der Waals surface area contributed by atoms with Gasteiger partial charge in [-0.05, 0) is 34.1 Å². The summed E-state index contributed by atoms with van der Waals surface area (Å²) in [5.74, 6) is -1.54. The molecule has 0 saturated heterocycles. The third kappa shape index (κ3) is 3.11. The molecule has 0 bridgehead atoms. The first-order chi connectivity index (χ1) is 9.50. The molecule has 2 rings (SSSR count). The largest absolute Gasteiger partial charge is 0.487 e. The first-order valence-corrected chi connectivity index (χ1v) is 6.75. The van der Waals surface area contributed by atoms with E-state index in [0.29, 0.717) is 4.47 Å². The molecule has 0 unspecified atom stereocenters. The van der Waals surface area contributed by atoms with Crippen LogP contribution >= 0.6 is 27.5 Å². The van der Waals surface area contributed by atoms with E-state index in [1.54, 1.807) is 18.2 Å². The van der Waals surface area contributed by atoms with Gasteiger partial charge in [0.05, 0.1) is 9.50 Å². The maximum atomic E-state index is 13.7. The van der Waals surface area contributed by atoms with Crippen molar-refractivity contribution < 1.29 is 19.0 Å². The monoisotopic (exact) mass is 358 g/mol. The fourth-order valence-electron chi connectivity index (χ4n) is 1.63. The standard InChI is InChI=1S/C14H9BrClFO3/c15-10-5-2-4-9(14(18)19)13(10)20-7-8-3-1-6-11(16)12(8)17/h1-6H,7H2,(H,18,19). The predicted molar refractivity (Wildman–Crippen MR) is 76.8 cm³/mol. The minimum atomic E-state index is -1.12. The third-order valence-electron chi connectivity index (χ3n) is 2.60. The number of ether oxygens (including phenoxy) is 1. The number of benzene rings is 2. The fourth-order valence-corrected chi connectivity index (χ4v) is 2.31. The van der Waals surface area contributed by atoms with Gasteiger partial charge in [-0.3, -0.25) is 0 Å². The maximum absolute atomic E-state index is 13.7. The Balaban J connectivity index is 2.27. The summed E-state index contributed by atoms with van der Waals surface area (Å²) >= 11 is 8.89. The second-order valence-corrected chi connectivity index (χ2v) is 5.18. The van der Waals surface area contributed by atoms with Gasteiger partial charge in [-0.1, -0.05) is 29.8 Å². The van der Waals surface area contributed by atoms with Crippen LogP contribution in [0.3, 0.4) is 0 Å². The second-order valence-electron chi connectivity index (χ2n) is 3.92. The normalized spacial score (nSPS) is 10.3. The SMILES string of the molecule is O=C(O)c1cccc(Br)c1OCc1cccc(Cl)c1F. The lowest BCUT2D eigenvalue weighted by molar-refractivity contribution is 0.0691. The van der Waals surface area contributed by atoms with Crippen LogP contribution < -0.4 is 4.74 Å². The number of aromatic carboxylic acids is 1. The van der Waals surface area contributed by atoms with Crippen molar-refractivity contribution in [3.8, 4) is 5.75 Å². The first kappa shape index (κ1) is 14.8. The molecule has 6 heteroatoms. The Labute approximate surface area is 128 Å². The molecule has 3 nitrogen and oxygen atoms in total. The van der Waals surface area contributed by atoms with Crippen LogP contribution in [0.5, 0.6) is 5.75 Å². The van der Waals surface area contributed by atoms with E-state index < -0.39 is 11.8 Å². The summed E-state index contributed by atoms with van der Waals surface area (Å²) in [4.78, 5) is 11.1. The van der Waals surface area contributed by atoms with Crippen molar-refractivity contribution in [2.75, 3.05) is 0 Å². The smallest absolute Gasteiger partial charge is 0.339 e. The molecule has 0 aliphatic heterocycles. The Morgan fingerprint density at radius 3 is 2.70 bits per heavy atom. The zero-order valence-electron chi connectivity index (χ0n) is 10.1. The minimum Gasteiger partial charge on any atom is -0.487 e. The van der Waals surface area contributed by atoms with Crippen LogP contribution in [0.1, 0.15) is 15.9 Å². The average molecular weight is 360 g/mol. The molecule has 0 radical (unpaired) electrons. The van der Waals surface area contributed by atoms with E-state index in [-0.39, 0.29) is 28.5 Å². The average Bonchev–Trinajstić information content (AvgIpc) is 2.41. The zero-order valence-corrected chi connectivity index (χ0v) is 12.4. The quantitative estimate of drug-likeness (QED) is 0.873. The highest BCUT2D eigenvalue weighted by atomic mass is 79.9. The van der Waals surface area contributed by atoms with E-state index in [0.717, 1.165) is 0 Å². The lowest BCUT2D eigenvalue weighted by atomic mass is 10.2. The molecule has 2 aromatic carbocycles. The summed E-state index contributed by atoms with van der Waals surface area (Å²) in [6.07, 6.45) is 0. The van der Waals surface area contributed by atoms with E-state index in [4.69, 9.17) is 21.4 Å². The van der Waals surface area contributed by atoms with Gasteiger partial charge in [-0.25, -0.2) is 9.18 Å². The molecule has 0 amide bonds. The van der Waals surface area contributed by atoms with Crippen LogP contribution in [0.25, 0.3) is 0 Å². The van der Waals surface area contributed by atoms with Crippen LogP contribution in [0.4, 0.5) is 4.39 Å². The summed E-state index contributed by atoms with van der Waals surface area (Å²) < 4.78 is 19.6. The number of para-hydroxylation sites is 1. The molecule has 0 aliphatic carbocycles. The van der Waals surface area contributed by atoms with Gasteiger partial charge in [0.2, 0.25) is 0 Å². The molecule has 0 heterocycles. The van der Waals surface area contributed by atoms with Gasteiger partial charge in [0, 0.05) is 5.56 Å². The minimum absolute atomic E-state index is 0.00168. The van der Waals surface area contributed by atoms with E-state index in [1.807, 2.05) is 0 Å². The highest BCUT2D eigenvalue weighted by Gasteiger charge is 2.15. The fraction of sp³-hybridized carbons (Fsp3) is 0.0714. The lowest BCUT2D eigenvalue weighted by Gasteiger charge is -2.11. The summed E-state index contributed by atoms with van der Waals surface area (Å²) in [6, 6.07) is 9.20. The summed E-state index contributed by atoms with van der Waals surface area (Å²) in [6.45, 7) is -0.116. The van der Waals surface area contributed by atoms with E-state index in [1.165, 1.54) is 18.2 Å². The van der Waals surface area contributed by atoms with Gasteiger partial charge >= 0.3 is 5.97 Å². The van der Waals surface area contributed by atoms with Crippen molar-refractivity contribution in [2.45, 2.75) is 6.61 Å². The Morgan fingerprint density at radius 1 is 1.30 bits per heavy atom. The van der Waals surface area contributed by atoms with Crippen molar-refractivity contribution in [2.24, 2.45) is 0 Å². The number of carboxylic acid groups (broad SMARTS) is 1. The summed E-state index contributed by atoms with van der Waals surface area (Å²) in [5, 5.41) is 9.09. The Bertz CT molecular complexity index is 661. The number of hydrogen-bond donors (Lipinski definition) is 1. The van der Waals surface area contributed by atoms with Crippen LogP contribution in [0, 0.1) is 5.82 Å². The van der Waals surface area contributed by atoms with Gasteiger partial charge in [0.25, 0.3) is 0 Å². The first-order valence-electron chi connectivity index (χ1n) is 5.58. The molecule has 0 aliphatic rings. The van der Waals surface area contributed by atoms with Crippen LogP contribution in [-0.4, -0.2) is 11.1 Å². The Hall–Kier alpha value is -1.59. The van der Waals surface area contributed by atoms with Crippen molar-refractivity contribution in [3.63, 3.8) is 0 Å². The molecule has 0 atom stereocenters. The molecule has 104 valence electrons. The molecular weight excluding hydrogens is 351 g/mol. The number of carboxylic acids is 1. The van der Waals surface area contributed by atoms with E-state index in [2.05, 4.69) is 15.9 Å². The number of carbonyl (C=O) groups is 1. The van der Waals surface area contributed by atoms with Crippen LogP contribution in [0.2, 0.25) is 5.02 Å². The summed E-state index contributed by atoms with van der Waals surface area (Å²) in [7, 11) is 0. The van der Waals surface area contributed by atoms with E-state index >= 15 is 0 Å². The molecular formula is C14H9BrClFO3. The van der Waals surface area contributed by atoms with Gasteiger partial charge in [-0.15, -0.1) is 0 Å². The maximum Gasteiger partial charge on any atom is 0.339 e. The molecule has 0 spiro atoms. The molecule has 0 fully saturated rings. The molecule has 0 aromatic heterocycles. The molecule has 2 aromatic rings. The molecule has 20 heavy (non-hydrogen) atoms.